The number of methoxy groups -OCH3 is 1. The molecule has 0 saturated heterocycles. The summed E-state index contributed by atoms with van der Waals surface area (Å²) >= 11 is 1.20. The van der Waals surface area contributed by atoms with Crippen LogP contribution in [0.2, 0.25) is 0 Å². The molecule has 0 amide bonds. The lowest BCUT2D eigenvalue weighted by Gasteiger charge is -2.14. The van der Waals surface area contributed by atoms with Crippen molar-refractivity contribution in [2.45, 2.75) is 18.5 Å². The highest BCUT2D eigenvalue weighted by molar-refractivity contribution is 8.12. The second-order valence-electron chi connectivity index (χ2n) is 6.01. The molecule has 1 N–H and O–H groups in total. The van der Waals surface area contributed by atoms with Gasteiger partial charge in [-0.3, -0.25) is 0 Å². The van der Waals surface area contributed by atoms with Gasteiger partial charge in [-0.15, -0.1) is 5.10 Å². The molecule has 6 nitrogen and oxygen atoms in total. The number of aromatic nitrogens is 2. The SMILES string of the molecule is COc1ccc(CSC2=NNC(=C3C=Cc4nccn4C3)O2)cc1C(F)(F)F. The van der Waals surface area contributed by atoms with Crippen molar-refractivity contribution in [1.82, 2.24) is 15.0 Å². The van der Waals surface area contributed by atoms with E-state index in [4.69, 9.17) is 9.47 Å². The summed E-state index contributed by atoms with van der Waals surface area (Å²) in [7, 11) is 1.22. The van der Waals surface area contributed by atoms with Gasteiger partial charge in [-0.2, -0.15) is 13.2 Å². The third-order valence-corrected chi connectivity index (χ3v) is 5.08. The Morgan fingerprint density at radius 2 is 2.18 bits per heavy atom. The summed E-state index contributed by atoms with van der Waals surface area (Å²) in [5.41, 5.74) is 3.42. The predicted molar refractivity (Wildman–Crippen MR) is 99.2 cm³/mol. The number of imidazole rings is 1. The van der Waals surface area contributed by atoms with Crippen LogP contribution in [0.3, 0.4) is 0 Å². The second kappa shape index (κ2) is 7.27. The average molecular weight is 408 g/mol. The molecule has 0 aliphatic carbocycles. The van der Waals surface area contributed by atoms with E-state index in [0.29, 0.717) is 23.2 Å². The third kappa shape index (κ3) is 3.72. The zero-order valence-electron chi connectivity index (χ0n) is 14.7. The molecule has 1 aromatic heterocycles. The van der Waals surface area contributed by atoms with E-state index in [0.717, 1.165) is 17.5 Å². The van der Waals surface area contributed by atoms with Gasteiger partial charge in [0, 0.05) is 23.7 Å². The summed E-state index contributed by atoms with van der Waals surface area (Å²) in [6, 6.07) is 3.99. The molecule has 3 heterocycles. The van der Waals surface area contributed by atoms with Gasteiger partial charge >= 0.3 is 6.18 Å². The normalized spacial score (nSPS) is 18.4. The molecule has 2 aliphatic heterocycles. The molecule has 0 spiro atoms. The van der Waals surface area contributed by atoms with Gasteiger partial charge in [-0.25, -0.2) is 10.4 Å². The average Bonchev–Trinajstić information content (AvgIpc) is 3.34. The molecule has 0 bridgehead atoms. The van der Waals surface area contributed by atoms with Crippen LogP contribution in [0.25, 0.3) is 6.08 Å². The number of ether oxygens (including phenoxy) is 2. The first-order chi connectivity index (χ1) is 13.4. The van der Waals surface area contributed by atoms with Gasteiger partial charge in [0.1, 0.15) is 11.6 Å². The number of fused-ring (bicyclic) bond motifs is 1. The van der Waals surface area contributed by atoms with Crippen LogP contribution in [0.1, 0.15) is 17.0 Å². The van der Waals surface area contributed by atoms with Gasteiger partial charge in [-0.05, 0) is 29.8 Å². The van der Waals surface area contributed by atoms with Crippen molar-refractivity contribution in [1.29, 1.82) is 0 Å². The predicted octanol–water partition coefficient (Wildman–Crippen LogP) is 3.97. The van der Waals surface area contributed by atoms with Crippen LogP contribution in [0.5, 0.6) is 5.75 Å². The molecule has 0 saturated carbocycles. The summed E-state index contributed by atoms with van der Waals surface area (Å²) in [5, 5.41) is 4.44. The topological polar surface area (TPSA) is 60.7 Å². The van der Waals surface area contributed by atoms with Crippen LogP contribution in [0.4, 0.5) is 13.2 Å². The monoisotopic (exact) mass is 408 g/mol. The van der Waals surface area contributed by atoms with Crippen molar-refractivity contribution in [2.24, 2.45) is 5.10 Å². The Morgan fingerprint density at radius 1 is 1.32 bits per heavy atom. The first-order valence-corrected chi connectivity index (χ1v) is 9.23. The Balaban J connectivity index is 1.41. The van der Waals surface area contributed by atoms with Gasteiger partial charge in [0.05, 0.1) is 19.2 Å². The molecule has 28 heavy (non-hydrogen) atoms. The summed E-state index contributed by atoms with van der Waals surface area (Å²) in [5.74, 6) is 1.44. The molecule has 0 atom stereocenters. The van der Waals surface area contributed by atoms with Gasteiger partial charge < -0.3 is 14.0 Å². The fourth-order valence-electron chi connectivity index (χ4n) is 2.81. The summed E-state index contributed by atoms with van der Waals surface area (Å²) in [6.45, 7) is 0.592. The molecule has 4 rings (SSSR count). The van der Waals surface area contributed by atoms with Gasteiger partial charge in [-0.1, -0.05) is 17.8 Å². The standard InChI is InChI=1S/C18H15F3N4O2S/c1-26-14-4-2-11(8-13(14)18(19,20)21)10-28-17-24-23-16(27-17)12-3-5-15-22-6-7-25(15)9-12/h2-8,23H,9-10H2,1H3. The highest BCUT2D eigenvalue weighted by atomic mass is 32.2. The van der Waals surface area contributed by atoms with E-state index in [2.05, 4.69) is 15.5 Å². The molecular weight excluding hydrogens is 393 g/mol. The van der Waals surface area contributed by atoms with Gasteiger partial charge in [0.25, 0.3) is 5.23 Å². The number of nitrogens with zero attached hydrogens (tertiary/aromatic N) is 3. The van der Waals surface area contributed by atoms with E-state index in [1.165, 1.54) is 24.9 Å². The number of hydrazone groups is 1. The minimum atomic E-state index is -4.48. The largest absolute Gasteiger partial charge is 0.496 e. The van der Waals surface area contributed by atoms with Crippen molar-refractivity contribution >= 4 is 23.1 Å². The van der Waals surface area contributed by atoms with E-state index in [-0.39, 0.29) is 11.5 Å². The molecule has 0 radical (unpaired) electrons. The van der Waals surface area contributed by atoms with Crippen LogP contribution in [-0.2, 0) is 23.2 Å². The Kier molecular flexibility index (Phi) is 4.80. The Labute approximate surface area is 162 Å². The number of nitrogens with one attached hydrogen (secondary N) is 1. The summed E-state index contributed by atoms with van der Waals surface area (Å²) < 4.78 is 51.9. The molecule has 10 heteroatoms. The lowest BCUT2D eigenvalue weighted by atomic mass is 10.1. The Hall–Kier alpha value is -2.88. The number of hydrogen-bond donors (Lipinski definition) is 1. The number of benzene rings is 1. The maximum atomic E-state index is 13.1. The quantitative estimate of drug-likeness (QED) is 0.833. The van der Waals surface area contributed by atoms with Crippen molar-refractivity contribution in [3.05, 3.63) is 65.1 Å². The third-order valence-electron chi connectivity index (χ3n) is 4.18. The second-order valence-corrected chi connectivity index (χ2v) is 6.94. The number of alkyl halides is 3. The van der Waals surface area contributed by atoms with E-state index in [1.54, 1.807) is 12.3 Å². The molecular formula is C18H15F3N4O2S. The Morgan fingerprint density at radius 3 is 2.96 bits per heavy atom. The van der Waals surface area contributed by atoms with Crippen LogP contribution in [0, 0.1) is 0 Å². The van der Waals surface area contributed by atoms with Crippen molar-refractivity contribution in [2.75, 3.05) is 7.11 Å². The lowest BCUT2D eigenvalue weighted by Crippen LogP contribution is -2.12. The van der Waals surface area contributed by atoms with Crippen LogP contribution in [-0.4, -0.2) is 21.9 Å². The van der Waals surface area contributed by atoms with Crippen LogP contribution in [0.15, 0.2) is 53.2 Å². The van der Waals surface area contributed by atoms with Crippen molar-refractivity contribution in [3.8, 4) is 5.75 Å². The van der Waals surface area contributed by atoms with Gasteiger partial charge in [0.2, 0.25) is 5.88 Å². The summed E-state index contributed by atoms with van der Waals surface area (Å²) in [4.78, 5) is 4.20. The van der Waals surface area contributed by atoms with E-state index in [9.17, 15) is 13.2 Å². The zero-order valence-corrected chi connectivity index (χ0v) is 15.5. The first kappa shape index (κ1) is 18.5. The fourth-order valence-corrected chi connectivity index (χ4v) is 3.53. The van der Waals surface area contributed by atoms with E-state index >= 15 is 0 Å². The number of halogens is 3. The molecule has 0 unspecified atom stereocenters. The minimum absolute atomic E-state index is 0.202. The van der Waals surface area contributed by atoms with E-state index in [1.807, 2.05) is 22.9 Å². The Bertz CT molecular complexity index is 995. The highest BCUT2D eigenvalue weighted by Gasteiger charge is 2.34. The number of rotatable bonds is 3. The molecule has 2 aromatic rings. The molecule has 0 fully saturated rings. The number of hydrogen-bond acceptors (Lipinski definition) is 6. The first-order valence-electron chi connectivity index (χ1n) is 8.25. The van der Waals surface area contributed by atoms with E-state index < -0.39 is 11.7 Å². The molecule has 146 valence electrons. The maximum absolute atomic E-state index is 13.1. The van der Waals surface area contributed by atoms with Crippen LogP contribution < -0.4 is 10.2 Å². The van der Waals surface area contributed by atoms with Crippen LogP contribution >= 0.6 is 11.8 Å². The zero-order chi connectivity index (χ0) is 19.7. The minimum Gasteiger partial charge on any atom is -0.496 e. The number of allylic oxidation sites excluding steroid dienone is 2. The number of thioether (sulfide) groups is 1. The smallest absolute Gasteiger partial charge is 0.419 e. The fraction of sp³-hybridized carbons (Fsp3) is 0.222. The maximum Gasteiger partial charge on any atom is 0.419 e. The summed E-state index contributed by atoms with van der Waals surface area (Å²) in [6.07, 6.45) is 2.88. The van der Waals surface area contributed by atoms with Gasteiger partial charge in [0.15, 0.2) is 0 Å². The molecule has 1 aromatic carbocycles. The lowest BCUT2D eigenvalue weighted by molar-refractivity contribution is -0.138. The molecule has 2 aliphatic rings. The highest BCUT2D eigenvalue weighted by Crippen LogP contribution is 2.37. The van der Waals surface area contributed by atoms with Crippen molar-refractivity contribution < 1.29 is 22.6 Å². The van der Waals surface area contributed by atoms with Crippen molar-refractivity contribution in [3.63, 3.8) is 0 Å².